The molecule has 2 heterocycles. The second-order valence-corrected chi connectivity index (χ2v) is 11.5. The number of amides is 1. The Morgan fingerprint density at radius 2 is 2.03 bits per heavy atom. The molecule has 2 aromatic rings. The fourth-order valence-electron chi connectivity index (χ4n) is 3.22. The lowest BCUT2D eigenvalue weighted by Gasteiger charge is -2.28. The summed E-state index contributed by atoms with van der Waals surface area (Å²) in [7, 11) is -1.60. The number of thioether (sulfide) groups is 1. The summed E-state index contributed by atoms with van der Waals surface area (Å²) in [4.78, 5) is 23.6. The first kappa shape index (κ1) is 22.8. The molecule has 1 atom stereocenters. The van der Waals surface area contributed by atoms with Crippen LogP contribution in [0.5, 0.6) is 5.75 Å². The Hall–Kier alpha value is -1.84. The predicted molar refractivity (Wildman–Crippen MR) is 118 cm³/mol. The second-order valence-electron chi connectivity index (χ2n) is 7.35. The first-order valence-corrected chi connectivity index (χ1v) is 12.6. The van der Waals surface area contributed by atoms with Crippen LogP contribution in [0, 0.1) is 0 Å². The Bertz CT molecular complexity index is 1010. The maximum Gasteiger partial charge on any atom is 0.274 e. The van der Waals surface area contributed by atoms with Crippen LogP contribution < -0.4 is 4.74 Å². The molecule has 1 aromatic heterocycles. The molecule has 1 fully saturated rings. The molecule has 1 aliphatic heterocycles. The summed E-state index contributed by atoms with van der Waals surface area (Å²) in [5.41, 5.74) is 0.947. The van der Waals surface area contributed by atoms with Crippen molar-refractivity contribution in [1.29, 1.82) is 0 Å². The third kappa shape index (κ3) is 5.65. The minimum atomic E-state index is -3.18. The molecule has 1 aromatic carbocycles. The van der Waals surface area contributed by atoms with E-state index in [1.807, 2.05) is 26.0 Å². The van der Waals surface area contributed by atoms with E-state index in [9.17, 15) is 13.2 Å². The molecule has 0 spiro atoms. The van der Waals surface area contributed by atoms with Gasteiger partial charge in [0.25, 0.3) is 5.91 Å². The van der Waals surface area contributed by atoms with Gasteiger partial charge in [-0.25, -0.2) is 18.4 Å². The predicted octanol–water partition coefficient (Wildman–Crippen LogP) is 3.47. The number of hydrogen-bond acceptors (Lipinski definition) is 7. The van der Waals surface area contributed by atoms with Crippen LogP contribution in [0.25, 0.3) is 0 Å². The second kappa shape index (κ2) is 9.53. The molecule has 3 rings (SSSR count). The summed E-state index contributed by atoms with van der Waals surface area (Å²) < 4.78 is 29.3. The normalized spacial score (nSPS) is 17.8. The highest BCUT2D eigenvalue weighted by molar-refractivity contribution is 7.99. The molecule has 1 aliphatic rings. The molecule has 7 nitrogen and oxygen atoms in total. The summed E-state index contributed by atoms with van der Waals surface area (Å²) >= 11 is 7.69. The average Bonchev–Trinajstić information content (AvgIpc) is 3.06. The maximum atomic E-state index is 13.5. The summed E-state index contributed by atoms with van der Waals surface area (Å²) in [5, 5.41) is 0.847. The van der Waals surface area contributed by atoms with Crippen molar-refractivity contribution in [2.24, 2.45) is 0 Å². The van der Waals surface area contributed by atoms with E-state index >= 15 is 0 Å². The zero-order valence-electron chi connectivity index (χ0n) is 17.0. The number of nitrogens with zero attached hydrogens (tertiary/aromatic N) is 3. The lowest BCUT2D eigenvalue weighted by atomic mass is 10.1. The minimum Gasteiger partial charge on any atom is -0.497 e. The van der Waals surface area contributed by atoms with Gasteiger partial charge in [-0.1, -0.05) is 49.3 Å². The number of ether oxygens (including phenoxy) is 1. The van der Waals surface area contributed by atoms with Gasteiger partial charge >= 0.3 is 0 Å². The molecule has 1 saturated heterocycles. The number of carbonyl (C=O) groups is 1. The Morgan fingerprint density at radius 1 is 1.33 bits per heavy atom. The maximum absolute atomic E-state index is 13.5. The number of carbonyl (C=O) groups excluding carboxylic acids is 1. The van der Waals surface area contributed by atoms with Crippen LogP contribution in [0.15, 0.2) is 35.6 Å². The molecular formula is C20H24ClN3O4S2. The quantitative estimate of drug-likeness (QED) is 0.453. The number of benzene rings is 1. The zero-order valence-corrected chi connectivity index (χ0v) is 19.4. The van der Waals surface area contributed by atoms with Gasteiger partial charge in [-0.05, 0) is 24.1 Å². The van der Waals surface area contributed by atoms with Crippen LogP contribution in [-0.2, 0) is 16.4 Å². The third-order valence-electron chi connectivity index (χ3n) is 4.69. The number of rotatable bonds is 7. The monoisotopic (exact) mass is 469 g/mol. The van der Waals surface area contributed by atoms with Gasteiger partial charge in [-0.3, -0.25) is 4.79 Å². The van der Waals surface area contributed by atoms with Crippen LogP contribution in [0.2, 0.25) is 5.02 Å². The van der Waals surface area contributed by atoms with Crippen molar-refractivity contribution < 1.29 is 17.9 Å². The Morgan fingerprint density at radius 3 is 2.60 bits per heavy atom. The summed E-state index contributed by atoms with van der Waals surface area (Å²) in [6.07, 6.45) is 1.81. The Kier molecular flexibility index (Phi) is 7.26. The Balaban J connectivity index is 1.93. The van der Waals surface area contributed by atoms with Gasteiger partial charge in [0.1, 0.15) is 5.75 Å². The fraction of sp³-hybridized carbons (Fsp3) is 0.450. The standard InChI is InChI=1S/C20H24ClN3O4S2/c1-13(2)29-20-22-10-17(21)18(23-20)19(25)24(15-8-9-30(26,27)12-15)11-14-4-6-16(28-3)7-5-14/h4-7,10,13,15H,8-9,11-12H2,1-3H3. The van der Waals surface area contributed by atoms with E-state index in [2.05, 4.69) is 9.97 Å². The van der Waals surface area contributed by atoms with Crippen LogP contribution >= 0.6 is 23.4 Å². The first-order valence-electron chi connectivity index (χ1n) is 9.52. The fourth-order valence-corrected chi connectivity index (χ4v) is 5.80. The highest BCUT2D eigenvalue weighted by Crippen LogP contribution is 2.27. The molecular weight excluding hydrogens is 446 g/mol. The number of hydrogen-bond donors (Lipinski definition) is 0. The van der Waals surface area contributed by atoms with E-state index in [1.54, 1.807) is 24.1 Å². The van der Waals surface area contributed by atoms with Gasteiger partial charge in [0.05, 0.1) is 29.8 Å². The summed E-state index contributed by atoms with van der Waals surface area (Å²) in [6.45, 7) is 4.25. The SMILES string of the molecule is COc1ccc(CN(C(=O)c2nc(SC(C)C)ncc2Cl)C2CCS(=O)(=O)C2)cc1. The van der Waals surface area contributed by atoms with Gasteiger partial charge in [-0.15, -0.1) is 0 Å². The number of halogens is 1. The van der Waals surface area contributed by atoms with Gasteiger partial charge in [0.2, 0.25) is 0 Å². The van der Waals surface area contributed by atoms with Crippen molar-refractivity contribution in [2.75, 3.05) is 18.6 Å². The van der Waals surface area contributed by atoms with Gasteiger partial charge in [-0.2, -0.15) is 0 Å². The molecule has 0 radical (unpaired) electrons. The van der Waals surface area contributed by atoms with E-state index in [4.69, 9.17) is 16.3 Å². The van der Waals surface area contributed by atoms with Crippen LogP contribution in [-0.4, -0.2) is 59.1 Å². The molecule has 10 heteroatoms. The van der Waals surface area contributed by atoms with E-state index in [-0.39, 0.29) is 34.0 Å². The summed E-state index contributed by atoms with van der Waals surface area (Å²) in [6, 6.07) is 6.88. The van der Waals surface area contributed by atoms with Crippen molar-refractivity contribution in [3.05, 3.63) is 46.7 Å². The van der Waals surface area contributed by atoms with Crippen LogP contribution in [0.3, 0.4) is 0 Å². The van der Waals surface area contributed by atoms with E-state index in [0.29, 0.717) is 17.3 Å². The highest BCUT2D eigenvalue weighted by atomic mass is 35.5. The third-order valence-corrected chi connectivity index (χ3v) is 7.59. The van der Waals surface area contributed by atoms with Crippen molar-refractivity contribution in [3.63, 3.8) is 0 Å². The summed E-state index contributed by atoms with van der Waals surface area (Å²) in [5.74, 6) is 0.307. The van der Waals surface area contributed by atoms with Gasteiger partial charge in [0.15, 0.2) is 20.7 Å². The molecule has 1 amide bonds. The minimum absolute atomic E-state index is 0.0643. The van der Waals surface area contributed by atoms with Crippen molar-refractivity contribution >= 4 is 39.1 Å². The van der Waals surface area contributed by atoms with E-state index in [1.165, 1.54) is 18.0 Å². The van der Waals surface area contributed by atoms with E-state index < -0.39 is 21.8 Å². The van der Waals surface area contributed by atoms with Crippen molar-refractivity contribution in [3.8, 4) is 5.75 Å². The highest BCUT2D eigenvalue weighted by Gasteiger charge is 2.36. The topological polar surface area (TPSA) is 89.5 Å². The molecule has 0 aliphatic carbocycles. The zero-order chi connectivity index (χ0) is 21.9. The Labute approximate surface area is 186 Å². The van der Waals surface area contributed by atoms with Crippen LogP contribution in [0.1, 0.15) is 36.3 Å². The molecule has 0 N–H and O–H groups in total. The van der Waals surface area contributed by atoms with Gasteiger partial charge < -0.3 is 9.64 Å². The molecule has 1 unspecified atom stereocenters. The number of sulfone groups is 1. The first-order chi connectivity index (χ1) is 14.2. The van der Waals surface area contributed by atoms with Gasteiger partial charge in [0, 0.05) is 17.8 Å². The largest absolute Gasteiger partial charge is 0.497 e. The smallest absolute Gasteiger partial charge is 0.274 e. The lowest BCUT2D eigenvalue weighted by molar-refractivity contribution is 0.0674. The van der Waals surface area contributed by atoms with E-state index in [0.717, 1.165) is 5.56 Å². The average molecular weight is 470 g/mol. The number of methoxy groups -OCH3 is 1. The molecule has 0 bridgehead atoms. The molecule has 162 valence electrons. The van der Waals surface area contributed by atoms with Crippen LogP contribution in [0.4, 0.5) is 0 Å². The van der Waals surface area contributed by atoms with Crippen molar-refractivity contribution in [2.45, 2.75) is 43.3 Å². The number of aromatic nitrogens is 2. The molecule has 30 heavy (non-hydrogen) atoms. The van der Waals surface area contributed by atoms with Crippen molar-refractivity contribution in [1.82, 2.24) is 14.9 Å². The molecule has 0 saturated carbocycles. The lowest BCUT2D eigenvalue weighted by Crippen LogP contribution is -2.41.